The fraction of sp³-hybridized carbons (Fsp3) is 0.188. The minimum atomic E-state index is -4.28. The van der Waals surface area contributed by atoms with Crippen LogP contribution in [0.15, 0.2) is 35.5 Å². The quantitative estimate of drug-likeness (QED) is 0.553. The third-order valence-electron chi connectivity index (χ3n) is 3.53. The van der Waals surface area contributed by atoms with Gasteiger partial charge in [0.05, 0.1) is 18.8 Å². The van der Waals surface area contributed by atoms with Crippen molar-refractivity contribution < 1.29 is 31.1 Å². The third-order valence-corrected chi connectivity index (χ3v) is 5.13. The van der Waals surface area contributed by atoms with Gasteiger partial charge >= 0.3 is 0 Å². The summed E-state index contributed by atoms with van der Waals surface area (Å²) < 4.78 is 75.9. The lowest BCUT2D eigenvalue weighted by molar-refractivity contribution is 0.0770. The zero-order valence-electron chi connectivity index (χ0n) is 14.6. The van der Waals surface area contributed by atoms with Crippen molar-refractivity contribution in [1.82, 2.24) is 15.0 Å². The summed E-state index contributed by atoms with van der Waals surface area (Å²) in [6.45, 7) is -1.09. The first-order chi connectivity index (χ1) is 13.7. The molecule has 0 radical (unpaired) electrons. The molecular formula is C16H12ClF3N4O4S. The van der Waals surface area contributed by atoms with Gasteiger partial charge in [-0.2, -0.15) is 4.98 Å². The molecule has 3 aromatic heterocycles. The molecule has 3 heterocycles. The maximum atomic E-state index is 14.1. The number of nitrogens with zero attached hydrogens (tertiary/aromatic N) is 3. The minimum Gasteiger partial charge on any atom is -0.479 e. The molecule has 0 aliphatic rings. The average Bonchev–Trinajstić information content (AvgIpc) is 2.66. The number of rotatable bonds is 7. The molecule has 0 spiro atoms. The van der Waals surface area contributed by atoms with Crippen LogP contribution in [0.3, 0.4) is 0 Å². The van der Waals surface area contributed by atoms with Crippen LogP contribution < -0.4 is 14.2 Å². The van der Waals surface area contributed by atoms with Crippen LogP contribution in [-0.4, -0.2) is 43.5 Å². The highest BCUT2D eigenvalue weighted by Crippen LogP contribution is 2.31. The molecule has 0 aliphatic carbocycles. The van der Waals surface area contributed by atoms with Gasteiger partial charge in [0, 0.05) is 17.6 Å². The van der Waals surface area contributed by atoms with Gasteiger partial charge in [-0.15, -0.1) is 0 Å². The number of hydrogen-bond donors (Lipinski definition) is 1. The van der Waals surface area contributed by atoms with Crippen molar-refractivity contribution in [3.63, 3.8) is 0 Å². The highest BCUT2D eigenvalue weighted by molar-refractivity contribution is 7.93. The van der Waals surface area contributed by atoms with Crippen LogP contribution in [0.1, 0.15) is 0 Å². The topological polar surface area (TPSA) is 103 Å². The second kappa shape index (κ2) is 8.25. The van der Waals surface area contributed by atoms with Gasteiger partial charge in [0.25, 0.3) is 22.3 Å². The number of aromatic nitrogens is 3. The zero-order chi connectivity index (χ0) is 21.2. The molecule has 0 aliphatic heterocycles. The number of sulfonamides is 1. The summed E-state index contributed by atoms with van der Waals surface area (Å²) >= 11 is 5.80. The lowest BCUT2D eigenvalue weighted by atomic mass is 10.3. The number of ether oxygens (including phenoxy) is 2. The standard InChI is InChI=1S/C16H12ClF3N4O4S/c1-27-16-10(4-9(18)15(23-16)28-7-14(19)20)24-29(25,26)12-6-21-5-11-8(12)2-3-13(17)22-11/h2-6,14,24H,7H2,1H3. The predicted molar refractivity (Wildman–Crippen MR) is 97.6 cm³/mol. The fourth-order valence-corrected chi connectivity index (χ4v) is 3.71. The second-order valence-electron chi connectivity index (χ2n) is 5.48. The molecule has 0 saturated carbocycles. The third kappa shape index (κ3) is 4.59. The summed E-state index contributed by atoms with van der Waals surface area (Å²) in [5.74, 6) is -2.29. The second-order valence-corrected chi connectivity index (χ2v) is 7.52. The smallest absolute Gasteiger partial charge is 0.272 e. The molecule has 0 saturated heterocycles. The number of anilines is 1. The SMILES string of the molecule is COc1nc(OCC(F)F)c(F)cc1NS(=O)(=O)c1cncc2nc(Cl)ccc12. The van der Waals surface area contributed by atoms with Crippen molar-refractivity contribution >= 4 is 38.2 Å². The Morgan fingerprint density at radius 3 is 2.66 bits per heavy atom. The number of nitrogens with one attached hydrogen (secondary N) is 1. The van der Waals surface area contributed by atoms with Crippen LogP contribution in [0.2, 0.25) is 5.15 Å². The van der Waals surface area contributed by atoms with E-state index in [1.165, 1.54) is 18.3 Å². The van der Waals surface area contributed by atoms with Crippen molar-refractivity contribution in [3.8, 4) is 11.8 Å². The summed E-state index contributed by atoms with van der Waals surface area (Å²) in [4.78, 5) is 11.2. The minimum absolute atomic E-state index is 0.147. The van der Waals surface area contributed by atoms with E-state index in [9.17, 15) is 21.6 Å². The van der Waals surface area contributed by atoms with E-state index in [0.29, 0.717) is 6.07 Å². The van der Waals surface area contributed by atoms with E-state index in [1.807, 2.05) is 0 Å². The number of halogens is 4. The van der Waals surface area contributed by atoms with E-state index in [1.54, 1.807) is 0 Å². The zero-order valence-corrected chi connectivity index (χ0v) is 16.1. The molecule has 1 N–H and O–H groups in total. The number of fused-ring (bicyclic) bond motifs is 1. The van der Waals surface area contributed by atoms with Gasteiger partial charge in [0.15, 0.2) is 12.4 Å². The van der Waals surface area contributed by atoms with Crippen LogP contribution in [0.4, 0.5) is 18.9 Å². The van der Waals surface area contributed by atoms with Gasteiger partial charge in [0.2, 0.25) is 5.88 Å². The molecular weight excluding hydrogens is 437 g/mol. The lowest BCUT2D eigenvalue weighted by Gasteiger charge is -2.14. The molecule has 0 aromatic carbocycles. The summed E-state index contributed by atoms with van der Waals surface area (Å²) in [6.07, 6.45) is -0.435. The van der Waals surface area contributed by atoms with Crippen LogP contribution in [-0.2, 0) is 10.0 Å². The molecule has 0 fully saturated rings. The predicted octanol–water partition coefficient (Wildman–Crippen LogP) is 3.27. The Morgan fingerprint density at radius 1 is 1.21 bits per heavy atom. The maximum absolute atomic E-state index is 14.1. The first-order valence-electron chi connectivity index (χ1n) is 7.80. The van der Waals surface area contributed by atoms with Gasteiger partial charge < -0.3 is 9.47 Å². The normalized spacial score (nSPS) is 11.7. The van der Waals surface area contributed by atoms with Gasteiger partial charge in [-0.25, -0.2) is 26.6 Å². The van der Waals surface area contributed by atoms with E-state index < -0.39 is 34.8 Å². The highest BCUT2D eigenvalue weighted by atomic mass is 35.5. The molecule has 3 aromatic rings. The van der Waals surface area contributed by atoms with E-state index in [0.717, 1.165) is 13.3 Å². The van der Waals surface area contributed by atoms with E-state index >= 15 is 0 Å². The fourth-order valence-electron chi connectivity index (χ4n) is 2.34. The molecule has 0 bridgehead atoms. The van der Waals surface area contributed by atoms with E-state index in [4.69, 9.17) is 16.3 Å². The van der Waals surface area contributed by atoms with Crippen LogP contribution >= 0.6 is 11.6 Å². The van der Waals surface area contributed by atoms with E-state index in [-0.39, 0.29) is 32.5 Å². The molecule has 0 unspecified atom stereocenters. The summed E-state index contributed by atoms with van der Waals surface area (Å²) in [7, 11) is -3.14. The Labute approximate surface area is 167 Å². The first kappa shape index (κ1) is 20.9. The lowest BCUT2D eigenvalue weighted by Crippen LogP contribution is -2.16. The largest absolute Gasteiger partial charge is 0.479 e. The summed E-state index contributed by atoms with van der Waals surface area (Å²) in [6, 6.07) is 3.55. The molecule has 8 nitrogen and oxygen atoms in total. The van der Waals surface area contributed by atoms with E-state index in [2.05, 4.69) is 24.4 Å². The number of methoxy groups -OCH3 is 1. The Balaban J connectivity index is 2.00. The average molecular weight is 449 g/mol. The Morgan fingerprint density at radius 2 is 1.97 bits per heavy atom. The Bertz CT molecular complexity index is 1160. The Hall–Kier alpha value is -2.86. The number of alkyl halides is 2. The Kier molecular flexibility index (Phi) is 5.94. The van der Waals surface area contributed by atoms with Crippen molar-refractivity contribution in [2.24, 2.45) is 0 Å². The molecule has 0 amide bonds. The van der Waals surface area contributed by atoms with Gasteiger partial charge in [0.1, 0.15) is 15.7 Å². The molecule has 3 rings (SSSR count). The van der Waals surface area contributed by atoms with Gasteiger partial charge in [-0.1, -0.05) is 11.6 Å². The monoisotopic (exact) mass is 448 g/mol. The van der Waals surface area contributed by atoms with Crippen molar-refractivity contribution in [2.75, 3.05) is 18.4 Å². The molecule has 13 heteroatoms. The van der Waals surface area contributed by atoms with Gasteiger partial charge in [-0.05, 0) is 12.1 Å². The number of hydrogen-bond acceptors (Lipinski definition) is 7. The summed E-state index contributed by atoms with van der Waals surface area (Å²) in [5.41, 5.74) is -0.138. The highest BCUT2D eigenvalue weighted by Gasteiger charge is 2.23. The van der Waals surface area contributed by atoms with Crippen LogP contribution in [0.25, 0.3) is 10.9 Å². The maximum Gasteiger partial charge on any atom is 0.272 e. The van der Waals surface area contributed by atoms with Crippen molar-refractivity contribution in [3.05, 3.63) is 41.6 Å². The van der Waals surface area contributed by atoms with Crippen molar-refractivity contribution in [1.29, 1.82) is 0 Å². The van der Waals surface area contributed by atoms with Crippen molar-refractivity contribution in [2.45, 2.75) is 11.3 Å². The first-order valence-corrected chi connectivity index (χ1v) is 9.66. The van der Waals surface area contributed by atoms with Gasteiger partial charge in [-0.3, -0.25) is 9.71 Å². The molecule has 154 valence electrons. The van der Waals surface area contributed by atoms with Crippen LogP contribution in [0, 0.1) is 5.82 Å². The van der Waals surface area contributed by atoms with Crippen LogP contribution in [0.5, 0.6) is 11.8 Å². The molecule has 0 atom stereocenters. The summed E-state index contributed by atoms with van der Waals surface area (Å²) in [5, 5.41) is 0.371. The number of pyridine rings is 3. The molecule has 29 heavy (non-hydrogen) atoms.